The van der Waals surface area contributed by atoms with E-state index in [2.05, 4.69) is 15.2 Å². The van der Waals surface area contributed by atoms with E-state index in [0.29, 0.717) is 78.9 Å². The van der Waals surface area contributed by atoms with Gasteiger partial charge in [0.25, 0.3) is 5.56 Å². The van der Waals surface area contributed by atoms with Crippen molar-refractivity contribution < 1.29 is 19.3 Å². The van der Waals surface area contributed by atoms with Crippen LogP contribution in [0.1, 0.15) is 18.9 Å². The number of fused-ring (bicyclic) bond motifs is 1. The third-order valence-corrected chi connectivity index (χ3v) is 9.91. The molecule has 2 saturated heterocycles. The third-order valence-electron chi connectivity index (χ3n) is 9.16. The first-order valence-electron chi connectivity index (χ1n) is 16.6. The highest BCUT2D eigenvalue weighted by Crippen LogP contribution is 2.46. The lowest BCUT2D eigenvalue weighted by molar-refractivity contribution is 0.0183. The number of piperidine rings is 1. The number of anilines is 3. The summed E-state index contributed by atoms with van der Waals surface area (Å²) in [6.45, 7) is 4.97. The molecule has 5 heterocycles. The van der Waals surface area contributed by atoms with Crippen LogP contribution in [0.4, 0.5) is 17.3 Å². The molecular formula is C36H43Cl2N7O5. The number of aliphatic hydroxyl groups is 1. The second kappa shape index (κ2) is 16.0. The molecule has 2 aliphatic heterocycles. The Hall–Kier alpha value is -3.91. The fourth-order valence-corrected chi connectivity index (χ4v) is 7.19. The number of nitrogens with zero attached hydrogens (tertiary/aromatic N) is 6. The number of hydrogen-bond donors (Lipinski definition) is 2. The summed E-state index contributed by atoms with van der Waals surface area (Å²) < 4.78 is 18.3. The molecule has 0 bridgehead atoms. The van der Waals surface area contributed by atoms with Crippen LogP contribution in [0.3, 0.4) is 0 Å². The van der Waals surface area contributed by atoms with E-state index in [1.54, 1.807) is 18.3 Å². The Kier molecular flexibility index (Phi) is 11.5. The summed E-state index contributed by atoms with van der Waals surface area (Å²) in [7, 11) is 6.96. The number of pyridine rings is 3. The summed E-state index contributed by atoms with van der Waals surface area (Å²) in [5.41, 5.74) is 2.11. The van der Waals surface area contributed by atoms with E-state index in [1.165, 1.54) is 14.2 Å². The molecule has 0 saturated carbocycles. The van der Waals surface area contributed by atoms with Crippen LogP contribution in [0.5, 0.6) is 11.5 Å². The zero-order chi connectivity index (χ0) is 35.4. The molecule has 1 atom stereocenters. The van der Waals surface area contributed by atoms with Gasteiger partial charge in [0, 0.05) is 68.0 Å². The van der Waals surface area contributed by atoms with E-state index < -0.39 is 6.23 Å². The summed E-state index contributed by atoms with van der Waals surface area (Å²) in [4.78, 5) is 30.3. The standard InChI is InChI=1S/C36H43Cl2N7O5/c1-42(2)11-5-6-32(46)44-12-9-24(10-13-44)45-27-19-31(41-30-8-7-25(22-40-30)43-14-16-50-17-15-43)39-21-23(27)18-26(36(45)47)33-34(37)28(48-3)20-29(49-4)35(33)38/h5-8,18-22,24,32,46H,9-17H2,1-4H3,(H,39,40,41)/b6-5+. The van der Waals surface area contributed by atoms with Gasteiger partial charge in [-0.05, 0) is 51.2 Å². The lowest BCUT2D eigenvalue weighted by atomic mass is 10.00. The first-order chi connectivity index (χ1) is 24.2. The van der Waals surface area contributed by atoms with E-state index in [9.17, 15) is 9.90 Å². The van der Waals surface area contributed by atoms with Gasteiger partial charge in [0.05, 0.1) is 60.4 Å². The maximum absolute atomic E-state index is 14.7. The average Bonchev–Trinajstić information content (AvgIpc) is 3.13. The van der Waals surface area contributed by atoms with Crippen LogP contribution in [0.25, 0.3) is 22.0 Å². The van der Waals surface area contributed by atoms with Crippen molar-refractivity contribution in [2.75, 3.05) is 84.5 Å². The summed E-state index contributed by atoms with van der Waals surface area (Å²) in [6.07, 6.45) is 7.90. The van der Waals surface area contributed by atoms with Crippen LogP contribution in [0.15, 0.2) is 59.7 Å². The van der Waals surface area contributed by atoms with Gasteiger partial charge in [-0.1, -0.05) is 29.3 Å². The predicted octanol–water partition coefficient (Wildman–Crippen LogP) is 5.44. The molecule has 266 valence electrons. The van der Waals surface area contributed by atoms with Crippen LogP contribution < -0.4 is 25.2 Å². The number of morpholine rings is 1. The number of halogens is 2. The molecule has 0 amide bonds. The number of benzene rings is 1. The van der Waals surface area contributed by atoms with Crippen molar-refractivity contribution in [1.29, 1.82) is 0 Å². The van der Waals surface area contributed by atoms with Crippen molar-refractivity contribution in [2.24, 2.45) is 0 Å². The molecule has 2 N–H and O–H groups in total. The lowest BCUT2D eigenvalue weighted by Crippen LogP contribution is -2.42. The number of likely N-dealkylation sites (N-methyl/N-ethyl adjacent to an activating group) is 1. The molecule has 2 aliphatic rings. The van der Waals surface area contributed by atoms with Crippen molar-refractivity contribution in [1.82, 2.24) is 24.3 Å². The molecule has 4 aromatic rings. The molecule has 0 spiro atoms. The van der Waals surface area contributed by atoms with Gasteiger partial charge in [0.2, 0.25) is 0 Å². The lowest BCUT2D eigenvalue weighted by Gasteiger charge is -2.35. The molecular weight excluding hydrogens is 681 g/mol. The van der Waals surface area contributed by atoms with Crippen LogP contribution in [-0.2, 0) is 4.74 Å². The topological polar surface area (TPSA) is 117 Å². The predicted molar refractivity (Wildman–Crippen MR) is 199 cm³/mol. The highest BCUT2D eigenvalue weighted by Gasteiger charge is 2.29. The Morgan fingerprint density at radius 3 is 2.30 bits per heavy atom. The number of hydrogen-bond acceptors (Lipinski definition) is 11. The number of rotatable bonds is 11. The first kappa shape index (κ1) is 35.9. The number of aliphatic hydroxyl groups excluding tert-OH is 1. The maximum atomic E-state index is 14.7. The van der Waals surface area contributed by atoms with Gasteiger partial charge in [0.1, 0.15) is 29.4 Å². The van der Waals surface area contributed by atoms with Gasteiger partial charge < -0.3 is 39.0 Å². The average molecular weight is 725 g/mol. The minimum absolute atomic E-state index is 0.176. The largest absolute Gasteiger partial charge is 0.495 e. The number of nitrogens with one attached hydrogen (secondary N) is 1. The minimum atomic E-state index is -0.709. The van der Waals surface area contributed by atoms with Crippen LogP contribution in [0.2, 0.25) is 10.0 Å². The molecule has 0 aliphatic carbocycles. The van der Waals surface area contributed by atoms with E-state index in [4.69, 9.17) is 42.4 Å². The summed E-state index contributed by atoms with van der Waals surface area (Å²) in [5, 5.41) is 15.3. The molecule has 1 aromatic carbocycles. The number of ether oxygens (including phenoxy) is 3. The normalized spacial score (nSPS) is 16.8. The SMILES string of the molecule is COc1cc(OC)c(Cl)c(-c2cc3cnc(Nc4ccc(N5CCOCC5)cn4)cc3n(C3CCN(C(O)/C=C/CN(C)C)CC3)c2=O)c1Cl. The fourth-order valence-electron chi connectivity index (χ4n) is 6.49. The number of aromatic nitrogens is 3. The van der Waals surface area contributed by atoms with Crippen molar-refractivity contribution in [3.63, 3.8) is 0 Å². The molecule has 2 fully saturated rings. The molecule has 50 heavy (non-hydrogen) atoms. The molecule has 1 unspecified atom stereocenters. The quantitative estimate of drug-likeness (QED) is 0.193. The summed E-state index contributed by atoms with van der Waals surface area (Å²) in [6, 6.07) is 9.01. The molecule has 6 rings (SSSR count). The Labute approximate surface area is 301 Å². The summed E-state index contributed by atoms with van der Waals surface area (Å²) >= 11 is 13.7. The van der Waals surface area contributed by atoms with E-state index in [0.717, 1.165) is 30.7 Å². The van der Waals surface area contributed by atoms with Crippen LogP contribution in [-0.4, -0.2) is 110 Å². The van der Waals surface area contributed by atoms with E-state index in [-0.39, 0.29) is 21.6 Å². The fraction of sp³-hybridized carbons (Fsp3) is 0.417. The van der Waals surface area contributed by atoms with Gasteiger partial charge >= 0.3 is 0 Å². The highest BCUT2D eigenvalue weighted by atomic mass is 35.5. The zero-order valence-corrected chi connectivity index (χ0v) is 30.2. The van der Waals surface area contributed by atoms with E-state index in [1.807, 2.05) is 65.0 Å². The Morgan fingerprint density at radius 1 is 1.00 bits per heavy atom. The maximum Gasteiger partial charge on any atom is 0.259 e. The van der Waals surface area contributed by atoms with Crippen molar-refractivity contribution in [3.05, 3.63) is 75.3 Å². The number of methoxy groups -OCH3 is 2. The van der Waals surface area contributed by atoms with Crippen molar-refractivity contribution in [3.8, 4) is 22.6 Å². The van der Waals surface area contributed by atoms with E-state index >= 15 is 0 Å². The second-order valence-corrected chi connectivity index (χ2v) is 13.4. The Morgan fingerprint density at radius 2 is 1.68 bits per heavy atom. The Balaban J connectivity index is 1.38. The minimum Gasteiger partial charge on any atom is -0.495 e. The molecule has 0 radical (unpaired) electrons. The van der Waals surface area contributed by atoms with Gasteiger partial charge in [-0.2, -0.15) is 0 Å². The smallest absolute Gasteiger partial charge is 0.259 e. The Bertz CT molecular complexity index is 1860. The van der Waals surface area contributed by atoms with Crippen molar-refractivity contribution >= 4 is 51.4 Å². The van der Waals surface area contributed by atoms with Gasteiger partial charge in [-0.3, -0.25) is 9.69 Å². The molecule has 3 aromatic heterocycles. The summed E-state index contributed by atoms with van der Waals surface area (Å²) in [5.74, 6) is 1.85. The third kappa shape index (κ3) is 7.70. The monoisotopic (exact) mass is 723 g/mol. The molecule has 14 heteroatoms. The van der Waals surface area contributed by atoms with Crippen LogP contribution >= 0.6 is 23.2 Å². The van der Waals surface area contributed by atoms with Gasteiger partial charge in [-0.15, -0.1) is 0 Å². The highest BCUT2D eigenvalue weighted by molar-refractivity contribution is 6.41. The first-order valence-corrected chi connectivity index (χ1v) is 17.4. The van der Waals surface area contributed by atoms with Crippen molar-refractivity contribution in [2.45, 2.75) is 25.1 Å². The van der Waals surface area contributed by atoms with Gasteiger partial charge in [-0.25, -0.2) is 9.97 Å². The van der Waals surface area contributed by atoms with Gasteiger partial charge in [0.15, 0.2) is 0 Å². The number of likely N-dealkylation sites (tertiary alicyclic amines) is 1. The zero-order valence-electron chi connectivity index (χ0n) is 28.7. The second-order valence-electron chi connectivity index (χ2n) is 12.6. The molecule has 12 nitrogen and oxygen atoms in total. The van der Waals surface area contributed by atoms with Crippen LogP contribution in [0, 0.1) is 0 Å².